The van der Waals surface area contributed by atoms with Crippen molar-refractivity contribution in [2.24, 2.45) is 0 Å². The highest BCUT2D eigenvalue weighted by atomic mass is 32.1. The number of fused-ring (bicyclic) bond motifs is 1. The number of amides is 1. The number of alkyl halides is 6. The minimum Gasteiger partial charge on any atom is -0.383 e. The maximum Gasteiger partial charge on any atom is 0.433 e. The second-order valence-corrected chi connectivity index (χ2v) is 10.8. The van der Waals surface area contributed by atoms with Crippen molar-refractivity contribution in [1.82, 2.24) is 20.2 Å². The lowest BCUT2D eigenvalue weighted by atomic mass is 9.81. The fraction of sp³-hybridized carbons (Fsp3) is 0.480. The van der Waals surface area contributed by atoms with E-state index in [0.717, 1.165) is 23.9 Å². The molecule has 0 radical (unpaired) electrons. The van der Waals surface area contributed by atoms with Crippen LogP contribution in [0.2, 0.25) is 0 Å². The van der Waals surface area contributed by atoms with Crippen LogP contribution in [0.4, 0.5) is 32.0 Å². The van der Waals surface area contributed by atoms with E-state index < -0.39 is 41.7 Å². The van der Waals surface area contributed by atoms with Crippen molar-refractivity contribution >= 4 is 33.8 Å². The molecule has 1 aromatic carbocycles. The highest BCUT2D eigenvalue weighted by Crippen LogP contribution is 2.40. The fourth-order valence-corrected chi connectivity index (χ4v) is 5.96. The number of thiazole rings is 1. The van der Waals surface area contributed by atoms with Crippen LogP contribution < -0.4 is 10.6 Å². The molecule has 3 N–H and O–H groups in total. The molecule has 1 saturated carbocycles. The number of rotatable bonds is 6. The molecule has 2 fully saturated rings. The van der Waals surface area contributed by atoms with Crippen LogP contribution in [-0.2, 0) is 22.7 Å². The number of aliphatic hydroxyl groups is 1. The molecular weight excluding hydrogens is 548 g/mol. The van der Waals surface area contributed by atoms with E-state index in [2.05, 4.69) is 25.5 Å². The number of carbonyl (C=O) groups excluding carboxylic acids is 1. The molecule has 0 unspecified atom stereocenters. The fourth-order valence-electron chi connectivity index (χ4n) is 5.16. The zero-order chi connectivity index (χ0) is 28.0. The zero-order valence-corrected chi connectivity index (χ0v) is 21.3. The summed E-state index contributed by atoms with van der Waals surface area (Å²) in [7, 11) is 0. The Labute approximate surface area is 223 Å². The summed E-state index contributed by atoms with van der Waals surface area (Å²) in [6.45, 7) is 0.766. The van der Waals surface area contributed by atoms with E-state index in [9.17, 15) is 36.2 Å². The van der Waals surface area contributed by atoms with Gasteiger partial charge in [-0.1, -0.05) is 0 Å². The van der Waals surface area contributed by atoms with E-state index in [-0.39, 0.29) is 28.7 Å². The van der Waals surface area contributed by atoms with Crippen LogP contribution in [0.3, 0.4) is 0 Å². The van der Waals surface area contributed by atoms with E-state index in [4.69, 9.17) is 0 Å². The maximum atomic E-state index is 13.3. The normalized spacial score (nSPS) is 23.0. The number of nitrogens with one attached hydrogen (secondary N) is 2. The van der Waals surface area contributed by atoms with Gasteiger partial charge in [-0.3, -0.25) is 9.69 Å². The first kappa shape index (κ1) is 27.6. The predicted molar refractivity (Wildman–Crippen MR) is 132 cm³/mol. The molecule has 1 aliphatic carbocycles. The van der Waals surface area contributed by atoms with Gasteiger partial charge in [0.2, 0.25) is 5.91 Å². The Morgan fingerprint density at radius 3 is 2.44 bits per heavy atom. The molecule has 39 heavy (non-hydrogen) atoms. The Morgan fingerprint density at radius 1 is 1.10 bits per heavy atom. The third kappa shape index (κ3) is 5.97. The van der Waals surface area contributed by atoms with Gasteiger partial charge in [0.15, 0.2) is 0 Å². The van der Waals surface area contributed by atoms with Crippen molar-refractivity contribution < 1.29 is 36.2 Å². The first-order chi connectivity index (χ1) is 18.3. The number of carbonyl (C=O) groups is 1. The second-order valence-electron chi connectivity index (χ2n) is 9.95. The molecule has 2 aromatic heterocycles. The number of nitrogens with zero attached hydrogens (tertiary/aromatic N) is 3. The van der Waals surface area contributed by atoms with Crippen molar-refractivity contribution in [1.29, 1.82) is 0 Å². The predicted octanol–water partition coefficient (Wildman–Crippen LogP) is 4.77. The number of benzene rings is 1. The van der Waals surface area contributed by atoms with Crippen LogP contribution in [0.5, 0.6) is 0 Å². The summed E-state index contributed by atoms with van der Waals surface area (Å²) in [5, 5.41) is 18.6. The number of likely N-dealkylation sites (tertiary alicyclic amines) is 1. The SMILES string of the molecule is O=C(CNc1cc(C(F)(F)F)nc2ccc(C(F)(F)F)cc12)NC1CN([C@H]2CC[C@@](O)(c3nccs3)CC2)C1. The van der Waals surface area contributed by atoms with Crippen molar-refractivity contribution in [2.75, 3.05) is 25.0 Å². The summed E-state index contributed by atoms with van der Waals surface area (Å²) in [6, 6.07) is 2.98. The van der Waals surface area contributed by atoms with E-state index in [0.29, 0.717) is 44.1 Å². The number of anilines is 1. The lowest BCUT2D eigenvalue weighted by Gasteiger charge is -2.47. The van der Waals surface area contributed by atoms with Gasteiger partial charge in [0.1, 0.15) is 16.3 Å². The van der Waals surface area contributed by atoms with Gasteiger partial charge in [-0.25, -0.2) is 9.97 Å². The molecule has 0 spiro atoms. The number of halogens is 6. The van der Waals surface area contributed by atoms with Crippen molar-refractivity contribution in [2.45, 2.75) is 55.7 Å². The lowest BCUT2D eigenvalue weighted by Crippen LogP contribution is -2.63. The summed E-state index contributed by atoms with van der Waals surface area (Å²) < 4.78 is 79.5. The number of aromatic nitrogens is 2. The van der Waals surface area contributed by atoms with Crippen LogP contribution in [-0.4, -0.2) is 57.6 Å². The third-order valence-electron chi connectivity index (χ3n) is 7.27. The van der Waals surface area contributed by atoms with E-state index in [1.807, 2.05) is 5.38 Å². The number of pyridine rings is 1. The summed E-state index contributed by atoms with van der Waals surface area (Å²) in [4.78, 5) is 22.4. The van der Waals surface area contributed by atoms with E-state index >= 15 is 0 Å². The molecule has 7 nitrogen and oxygen atoms in total. The van der Waals surface area contributed by atoms with Crippen molar-refractivity contribution in [3.8, 4) is 0 Å². The molecule has 3 aromatic rings. The minimum absolute atomic E-state index is 0.157. The molecule has 1 aliphatic heterocycles. The molecule has 3 heterocycles. The van der Waals surface area contributed by atoms with Gasteiger partial charge < -0.3 is 15.7 Å². The molecular formula is C25H25F6N5O2S. The monoisotopic (exact) mass is 573 g/mol. The highest BCUT2D eigenvalue weighted by molar-refractivity contribution is 7.09. The highest BCUT2D eigenvalue weighted by Gasteiger charge is 2.41. The van der Waals surface area contributed by atoms with Crippen LogP contribution >= 0.6 is 11.3 Å². The first-order valence-corrected chi connectivity index (χ1v) is 13.2. The minimum atomic E-state index is -4.82. The van der Waals surface area contributed by atoms with Crippen LogP contribution in [0.25, 0.3) is 10.9 Å². The van der Waals surface area contributed by atoms with Gasteiger partial charge in [-0.15, -0.1) is 11.3 Å². The van der Waals surface area contributed by atoms with Crippen LogP contribution in [0.15, 0.2) is 35.8 Å². The van der Waals surface area contributed by atoms with Gasteiger partial charge >= 0.3 is 12.4 Å². The van der Waals surface area contributed by atoms with Gasteiger partial charge in [-0.2, -0.15) is 26.3 Å². The molecule has 2 aliphatic rings. The molecule has 5 rings (SSSR count). The summed E-state index contributed by atoms with van der Waals surface area (Å²) in [5.41, 5.74) is -3.75. The molecule has 1 saturated heterocycles. The Bertz CT molecular complexity index is 1330. The molecule has 14 heteroatoms. The average Bonchev–Trinajstić information content (AvgIpc) is 3.40. The van der Waals surface area contributed by atoms with Gasteiger partial charge in [0.05, 0.1) is 23.7 Å². The molecule has 210 valence electrons. The van der Waals surface area contributed by atoms with E-state index in [1.165, 1.54) is 11.3 Å². The smallest absolute Gasteiger partial charge is 0.383 e. The lowest BCUT2D eigenvalue weighted by molar-refractivity contribution is -0.141. The van der Waals surface area contributed by atoms with Crippen molar-refractivity contribution in [3.05, 3.63) is 52.1 Å². The van der Waals surface area contributed by atoms with Gasteiger partial charge in [0.25, 0.3) is 0 Å². The Kier molecular flexibility index (Phi) is 7.22. The van der Waals surface area contributed by atoms with Gasteiger partial charge in [-0.05, 0) is 49.9 Å². The maximum absolute atomic E-state index is 13.3. The van der Waals surface area contributed by atoms with E-state index in [1.54, 1.807) is 6.20 Å². The quantitative estimate of drug-likeness (QED) is 0.368. The Morgan fingerprint density at radius 2 is 1.82 bits per heavy atom. The Hall–Kier alpha value is -2.97. The summed E-state index contributed by atoms with van der Waals surface area (Å²) >= 11 is 1.43. The number of hydrogen-bond donors (Lipinski definition) is 3. The Balaban J connectivity index is 1.17. The second kappa shape index (κ2) is 10.2. The summed E-state index contributed by atoms with van der Waals surface area (Å²) in [6.07, 6.45) is -5.08. The topological polar surface area (TPSA) is 90.4 Å². The average molecular weight is 574 g/mol. The van der Waals surface area contributed by atoms with Crippen LogP contribution in [0, 0.1) is 0 Å². The largest absolute Gasteiger partial charge is 0.433 e. The van der Waals surface area contributed by atoms with Crippen LogP contribution in [0.1, 0.15) is 41.9 Å². The number of hydrogen-bond acceptors (Lipinski definition) is 7. The van der Waals surface area contributed by atoms with Gasteiger partial charge in [0, 0.05) is 41.8 Å². The first-order valence-electron chi connectivity index (χ1n) is 12.3. The molecule has 1 amide bonds. The standard InChI is InChI=1S/C25H25F6N5O2S/c26-24(27,28)14-1-2-18-17(9-14)19(10-20(35-18)25(29,30)31)33-11-21(37)34-15-12-36(13-15)16-3-5-23(38,6-4-16)22-32-7-8-39-22/h1-2,7-10,15-16,38H,3-6,11-13H2,(H,33,35)(H,34,37)/t16-,23-. The zero-order valence-electron chi connectivity index (χ0n) is 20.4. The summed E-state index contributed by atoms with van der Waals surface area (Å²) in [5.74, 6) is -0.494. The van der Waals surface area contributed by atoms with Crippen molar-refractivity contribution in [3.63, 3.8) is 0 Å². The molecule has 0 bridgehead atoms. The third-order valence-corrected chi connectivity index (χ3v) is 8.24. The molecule has 0 atom stereocenters.